The van der Waals surface area contributed by atoms with Crippen molar-refractivity contribution in [1.29, 1.82) is 0 Å². The maximum absolute atomic E-state index is 8.74. The highest BCUT2D eigenvalue weighted by Crippen LogP contribution is 1.60. The van der Waals surface area contributed by atoms with Gasteiger partial charge >= 0.3 is 41.6 Å². The van der Waals surface area contributed by atoms with Crippen molar-refractivity contribution in [3.05, 3.63) is 0 Å². The molecule has 0 aliphatic carbocycles. The van der Waals surface area contributed by atoms with Crippen LogP contribution in [0.3, 0.4) is 0 Å². The zero-order chi connectivity index (χ0) is 18.0. The molecule has 0 bridgehead atoms. The van der Waals surface area contributed by atoms with Gasteiger partial charge in [0.15, 0.2) is 0 Å². The summed E-state index contributed by atoms with van der Waals surface area (Å²) in [5.74, 6) is 0. The first-order valence-electron chi connectivity index (χ1n) is 2.79. The van der Waals surface area contributed by atoms with Crippen LogP contribution in [-0.2, 0) is 41.6 Å². The summed E-state index contributed by atoms with van der Waals surface area (Å²) in [5.41, 5.74) is 0. The first-order valence-corrected chi connectivity index (χ1v) is 8.38. The molecule has 0 aromatic heterocycles. The number of hydrogen-bond acceptors (Lipinski definition) is 12. The van der Waals surface area contributed by atoms with Crippen LogP contribution < -0.4 is 24.6 Å². The lowest BCUT2D eigenvalue weighted by atomic mass is 14.0. The van der Waals surface area contributed by atoms with E-state index in [-0.39, 0.29) is 24.6 Å². The molecule has 20 nitrogen and oxygen atoms in total. The minimum absolute atomic E-state index is 0. The molecular weight excluding hydrogens is 440 g/mol. The zero-order valence-electron chi connectivity index (χ0n) is 11.3. The van der Waals surface area contributed by atoms with Crippen molar-refractivity contribution >= 4 is 41.6 Å². The van der Waals surface area contributed by atoms with Crippen LogP contribution in [-0.4, -0.2) is 70.1 Å². The van der Waals surface area contributed by atoms with Crippen molar-refractivity contribution in [2.24, 2.45) is 0 Å². The third kappa shape index (κ3) is 19000. The SMILES string of the molecule is N.N.N.N.O=S(=O)(O)O.O=S(=O)(O)O.O=S(=O)(O)O.O=S(=O)(O)O. The Morgan fingerprint density at radius 2 is 0.292 bits per heavy atom. The van der Waals surface area contributed by atoms with Gasteiger partial charge in [0.1, 0.15) is 0 Å². The minimum atomic E-state index is -4.67. The minimum Gasteiger partial charge on any atom is -0.344 e. The Hall–Kier alpha value is -0.680. The van der Waals surface area contributed by atoms with Gasteiger partial charge < -0.3 is 24.6 Å². The first-order chi connectivity index (χ1) is 8.00. The van der Waals surface area contributed by atoms with Crippen molar-refractivity contribution in [2.45, 2.75) is 0 Å². The molecule has 24 heteroatoms. The molecule has 0 saturated heterocycles. The van der Waals surface area contributed by atoms with Gasteiger partial charge in [0.25, 0.3) is 0 Å². The fourth-order valence-electron chi connectivity index (χ4n) is 0. The van der Waals surface area contributed by atoms with Crippen LogP contribution in [0, 0.1) is 0 Å². The van der Waals surface area contributed by atoms with Crippen molar-refractivity contribution in [1.82, 2.24) is 24.6 Å². The largest absolute Gasteiger partial charge is 0.394 e. The second kappa shape index (κ2) is 18.7. The molecule has 0 fully saturated rings. The summed E-state index contributed by atoms with van der Waals surface area (Å²) in [6.07, 6.45) is 0. The Balaban J connectivity index is -0.0000000225. The topological polar surface area (TPSA) is 438 Å². The molecule has 20 N–H and O–H groups in total. The summed E-state index contributed by atoms with van der Waals surface area (Å²) in [7, 11) is -18.7. The lowest BCUT2D eigenvalue weighted by Gasteiger charge is -1.68. The van der Waals surface area contributed by atoms with Gasteiger partial charge in [-0.1, -0.05) is 0 Å². The van der Waals surface area contributed by atoms with Crippen LogP contribution in [0.25, 0.3) is 0 Å². The summed E-state index contributed by atoms with van der Waals surface area (Å²) in [6.45, 7) is 0. The molecule has 0 amide bonds. The van der Waals surface area contributed by atoms with Crippen LogP contribution in [0.4, 0.5) is 0 Å². The van der Waals surface area contributed by atoms with Gasteiger partial charge in [-0.05, 0) is 0 Å². The molecule has 0 unspecified atom stereocenters. The monoisotopic (exact) mass is 460 g/mol. The quantitative estimate of drug-likeness (QED) is 0.174. The highest BCUT2D eigenvalue weighted by Gasteiger charge is 1.86. The molecule has 0 saturated carbocycles. The fourth-order valence-corrected chi connectivity index (χ4v) is 0. The Bertz CT molecular complexity index is 483. The van der Waals surface area contributed by atoms with E-state index in [1.54, 1.807) is 0 Å². The normalized spacial score (nSPS) is 9.67. The summed E-state index contributed by atoms with van der Waals surface area (Å²) in [4.78, 5) is 0. The van der Waals surface area contributed by atoms with E-state index in [1.807, 2.05) is 0 Å². The van der Waals surface area contributed by atoms with E-state index in [9.17, 15) is 0 Å². The van der Waals surface area contributed by atoms with Gasteiger partial charge in [0.05, 0.1) is 0 Å². The Morgan fingerprint density at radius 3 is 0.292 bits per heavy atom. The Kier molecular flexibility index (Phi) is 38.5. The van der Waals surface area contributed by atoms with Gasteiger partial charge in [-0.25, -0.2) is 0 Å². The van der Waals surface area contributed by atoms with Gasteiger partial charge in [0, 0.05) is 0 Å². The average molecular weight is 460 g/mol. The average Bonchev–Trinajstić information content (AvgIpc) is 1.62. The first kappa shape index (κ1) is 49.5. The summed E-state index contributed by atoms with van der Waals surface area (Å²) < 4.78 is 126. The standard InChI is InChI=1S/4H3N.4H2O4S/c;;;;4*1-5(2,3)4/h4*1H3;4*(H2,1,2,3,4). The van der Waals surface area contributed by atoms with E-state index in [0.717, 1.165) is 0 Å². The predicted octanol–water partition coefficient (Wildman–Crippen LogP) is -1.96. The third-order valence-electron chi connectivity index (χ3n) is 0. The molecule has 0 radical (unpaired) electrons. The van der Waals surface area contributed by atoms with Crippen LogP contribution in [0.2, 0.25) is 0 Å². The van der Waals surface area contributed by atoms with E-state index >= 15 is 0 Å². The fraction of sp³-hybridized carbons (Fsp3) is 0. The van der Waals surface area contributed by atoms with Crippen LogP contribution in [0.15, 0.2) is 0 Å². The van der Waals surface area contributed by atoms with Gasteiger partial charge in [-0.3, -0.25) is 36.4 Å². The maximum Gasteiger partial charge on any atom is 0.394 e. The molecule has 0 spiro atoms. The highest BCUT2D eigenvalue weighted by atomic mass is 32.3. The Morgan fingerprint density at radius 1 is 0.292 bits per heavy atom. The van der Waals surface area contributed by atoms with E-state index in [0.29, 0.717) is 0 Å². The van der Waals surface area contributed by atoms with Crippen LogP contribution in [0.1, 0.15) is 0 Å². The van der Waals surface area contributed by atoms with Crippen molar-refractivity contribution < 1.29 is 70.1 Å². The predicted molar refractivity (Wildman–Crippen MR) is 76.8 cm³/mol. The molecule has 0 aliphatic heterocycles. The molecule has 0 heterocycles. The van der Waals surface area contributed by atoms with Gasteiger partial charge in [-0.15, -0.1) is 0 Å². The molecule has 24 heavy (non-hydrogen) atoms. The number of hydrogen-bond donors (Lipinski definition) is 12. The molecule has 0 rings (SSSR count). The van der Waals surface area contributed by atoms with Gasteiger partial charge in [-0.2, -0.15) is 33.7 Å². The lowest BCUT2D eigenvalue weighted by molar-refractivity contribution is 0.378. The van der Waals surface area contributed by atoms with Crippen LogP contribution >= 0.6 is 0 Å². The smallest absolute Gasteiger partial charge is 0.344 e. The van der Waals surface area contributed by atoms with Crippen molar-refractivity contribution in [2.75, 3.05) is 0 Å². The zero-order valence-corrected chi connectivity index (χ0v) is 14.6. The summed E-state index contributed by atoms with van der Waals surface area (Å²) in [5, 5.41) is 0. The molecule has 160 valence electrons. The maximum atomic E-state index is 8.74. The second-order valence-electron chi connectivity index (χ2n) is 1.79. The lowest BCUT2D eigenvalue weighted by Crippen LogP contribution is -1.89. The Labute approximate surface area is 136 Å². The molecule has 0 atom stereocenters. The second-order valence-corrected chi connectivity index (χ2v) is 5.37. The molecule has 0 aromatic rings. The van der Waals surface area contributed by atoms with E-state index in [4.69, 9.17) is 70.1 Å². The van der Waals surface area contributed by atoms with Crippen LogP contribution in [0.5, 0.6) is 0 Å². The number of rotatable bonds is 0. The highest BCUT2D eigenvalue weighted by molar-refractivity contribution is 7.80. The molecular formula is H20N4O16S4. The molecule has 0 aliphatic rings. The summed E-state index contributed by atoms with van der Waals surface area (Å²) in [6, 6.07) is 0. The van der Waals surface area contributed by atoms with E-state index in [2.05, 4.69) is 0 Å². The third-order valence-corrected chi connectivity index (χ3v) is 0. The van der Waals surface area contributed by atoms with E-state index in [1.165, 1.54) is 0 Å². The summed E-state index contributed by atoms with van der Waals surface area (Å²) >= 11 is 0. The van der Waals surface area contributed by atoms with Crippen molar-refractivity contribution in [3.63, 3.8) is 0 Å². The van der Waals surface area contributed by atoms with E-state index < -0.39 is 41.6 Å². The van der Waals surface area contributed by atoms with Crippen molar-refractivity contribution in [3.8, 4) is 0 Å². The molecule has 0 aromatic carbocycles. The van der Waals surface area contributed by atoms with Gasteiger partial charge in [0.2, 0.25) is 0 Å².